The quantitative estimate of drug-likeness (QED) is 0.668. The van der Waals surface area contributed by atoms with E-state index in [1.54, 1.807) is 6.20 Å². The molecule has 0 bridgehead atoms. The van der Waals surface area contributed by atoms with Crippen molar-refractivity contribution in [3.63, 3.8) is 0 Å². The summed E-state index contributed by atoms with van der Waals surface area (Å²) < 4.78 is 5.23. The Bertz CT molecular complexity index is 950. The number of nitrogens with one attached hydrogen (secondary N) is 1. The Hall–Kier alpha value is -3.66. The van der Waals surface area contributed by atoms with Crippen LogP contribution in [0.1, 0.15) is 19.5 Å². The standard InChI is InChI=1S/C17H13N5O2.C2H6/c1-11(23)10-24-17-14(7-18)19-9-16(22-17)21-15-6-12-4-2-3-5-13(12)8-20-15;1-2/h2-6,8-9,23H,1,10H2,(H,20,21,22);1-2H3. The van der Waals surface area contributed by atoms with Crippen LogP contribution in [0.5, 0.6) is 5.88 Å². The van der Waals surface area contributed by atoms with Crippen LogP contribution in [0.25, 0.3) is 10.8 Å². The topological polar surface area (TPSA) is 104 Å². The number of aliphatic hydroxyl groups is 1. The molecule has 26 heavy (non-hydrogen) atoms. The second kappa shape index (κ2) is 8.99. The summed E-state index contributed by atoms with van der Waals surface area (Å²) in [6, 6.07) is 11.6. The summed E-state index contributed by atoms with van der Waals surface area (Å²) in [5.74, 6) is 0.800. The van der Waals surface area contributed by atoms with E-state index in [0.717, 1.165) is 10.8 Å². The minimum absolute atomic E-state index is 0.0125. The highest BCUT2D eigenvalue weighted by Crippen LogP contribution is 2.21. The summed E-state index contributed by atoms with van der Waals surface area (Å²) in [6.45, 7) is 7.15. The van der Waals surface area contributed by atoms with Crippen LogP contribution < -0.4 is 10.1 Å². The number of rotatable bonds is 5. The first-order chi connectivity index (χ1) is 12.7. The molecule has 3 rings (SSSR count). The van der Waals surface area contributed by atoms with Crippen LogP contribution in [0.15, 0.2) is 55.1 Å². The Labute approximate surface area is 151 Å². The molecule has 132 valence electrons. The van der Waals surface area contributed by atoms with Gasteiger partial charge in [0.05, 0.1) is 6.20 Å². The SMILES string of the molecule is C=C(O)COc1nc(Nc2cc3ccccc3cn2)cnc1C#N.CC. The van der Waals surface area contributed by atoms with Gasteiger partial charge < -0.3 is 15.2 Å². The van der Waals surface area contributed by atoms with E-state index in [1.807, 2.05) is 50.2 Å². The van der Waals surface area contributed by atoms with Crippen molar-refractivity contribution in [3.05, 3.63) is 60.8 Å². The second-order valence-electron chi connectivity index (χ2n) is 4.92. The lowest BCUT2D eigenvalue weighted by Crippen LogP contribution is -2.06. The van der Waals surface area contributed by atoms with Crippen LogP contribution in [0, 0.1) is 11.3 Å². The van der Waals surface area contributed by atoms with Gasteiger partial charge in [-0.25, -0.2) is 9.97 Å². The van der Waals surface area contributed by atoms with E-state index < -0.39 is 0 Å². The summed E-state index contributed by atoms with van der Waals surface area (Å²) in [6.07, 6.45) is 3.16. The number of nitriles is 1. The van der Waals surface area contributed by atoms with Crippen molar-refractivity contribution >= 4 is 22.4 Å². The molecule has 0 saturated carbocycles. The van der Waals surface area contributed by atoms with Gasteiger partial charge in [-0.3, -0.25) is 0 Å². The number of anilines is 2. The number of fused-ring (bicyclic) bond motifs is 1. The van der Waals surface area contributed by atoms with Crippen molar-refractivity contribution in [2.75, 3.05) is 11.9 Å². The van der Waals surface area contributed by atoms with E-state index in [0.29, 0.717) is 11.6 Å². The van der Waals surface area contributed by atoms with Gasteiger partial charge in [-0.1, -0.05) is 44.7 Å². The molecule has 0 aliphatic carbocycles. The lowest BCUT2D eigenvalue weighted by molar-refractivity contribution is 0.263. The van der Waals surface area contributed by atoms with Gasteiger partial charge in [0.2, 0.25) is 5.69 Å². The van der Waals surface area contributed by atoms with Crippen molar-refractivity contribution in [2.24, 2.45) is 0 Å². The summed E-state index contributed by atoms with van der Waals surface area (Å²) in [7, 11) is 0. The van der Waals surface area contributed by atoms with Crippen LogP contribution in [-0.2, 0) is 0 Å². The van der Waals surface area contributed by atoms with Crippen LogP contribution in [0.3, 0.4) is 0 Å². The van der Waals surface area contributed by atoms with Crippen molar-refractivity contribution in [1.29, 1.82) is 5.26 Å². The first kappa shape index (κ1) is 18.7. The molecule has 0 radical (unpaired) electrons. The molecule has 0 unspecified atom stereocenters. The predicted octanol–water partition coefficient (Wildman–Crippen LogP) is 4.12. The summed E-state index contributed by atoms with van der Waals surface area (Å²) >= 11 is 0. The van der Waals surface area contributed by atoms with Gasteiger partial charge in [0.1, 0.15) is 24.3 Å². The molecule has 0 amide bonds. The van der Waals surface area contributed by atoms with Crippen molar-refractivity contribution in [1.82, 2.24) is 15.0 Å². The number of pyridine rings is 1. The third kappa shape index (κ3) is 4.68. The molecule has 0 aliphatic heterocycles. The second-order valence-corrected chi connectivity index (χ2v) is 4.92. The zero-order valence-corrected chi connectivity index (χ0v) is 14.6. The monoisotopic (exact) mass is 349 g/mol. The third-order valence-electron chi connectivity index (χ3n) is 3.11. The van der Waals surface area contributed by atoms with E-state index in [2.05, 4.69) is 26.8 Å². The highest BCUT2D eigenvalue weighted by atomic mass is 16.5. The van der Waals surface area contributed by atoms with Crippen molar-refractivity contribution in [3.8, 4) is 11.9 Å². The zero-order chi connectivity index (χ0) is 18.9. The number of nitrogens with zero attached hydrogens (tertiary/aromatic N) is 4. The number of aromatic nitrogens is 3. The van der Waals surface area contributed by atoms with Gasteiger partial charge in [0.25, 0.3) is 5.88 Å². The molecule has 0 aliphatic rings. The maximum Gasteiger partial charge on any atom is 0.253 e. The Morgan fingerprint density at radius 1 is 1.19 bits per heavy atom. The number of aliphatic hydroxyl groups excluding tert-OH is 1. The lowest BCUT2D eigenvalue weighted by atomic mass is 10.2. The molecule has 1 aromatic carbocycles. The Kier molecular flexibility index (Phi) is 6.46. The van der Waals surface area contributed by atoms with E-state index in [4.69, 9.17) is 15.1 Å². The van der Waals surface area contributed by atoms with E-state index >= 15 is 0 Å². The predicted molar refractivity (Wildman–Crippen MR) is 100 cm³/mol. The van der Waals surface area contributed by atoms with E-state index in [1.165, 1.54) is 6.20 Å². The number of ether oxygens (including phenoxy) is 1. The van der Waals surface area contributed by atoms with Gasteiger partial charge in [0.15, 0.2) is 5.82 Å². The molecule has 2 aromatic heterocycles. The molecule has 2 heterocycles. The van der Waals surface area contributed by atoms with Gasteiger partial charge >= 0.3 is 0 Å². The first-order valence-corrected chi connectivity index (χ1v) is 8.04. The Morgan fingerprint density at radius 3 is 2.62 bits per heavy atom. The fourth-order valence-corrected chi connectivity index (χ4v) is 2.04. The smallest absolute Gasteiger partial charge is 0.253 e. The van der Waals surface area contributed by atoms with Gasteiger partial charge in [-0.15, -0.1) is 0 Å². The Morgan fingerprint density at radius 2 is 1.92 bits per heavy atom. The van der Waals surface area contributed by atoms with Crippen molar-refractivity contribution < 1.29 is 9.84 Å². The fraction of sp³-hybridized carbons (Fsp3) is 0.158. The average molecular weight is 349 g/mol. The van der Waals surface area contributed by atoms with E-state index in [9.17, 15) is 0 Å². The lowest BCUT2D eigenvalue weighted by Gasteiger charge is -2.09. The summed E-state index contributed by atoms with van der Waals surface area (Å²) in [5, 5.41) is 23.2. The average Bonchev–Trinajstić information content (AvgIpc) is 2.68. The van der Waals surface area contributed by atoms with Crippen molar-refractivity contribution in [2.45, 2.75) is 13.8 Å². The third-order valence-corrected chi connectivity index (χ3v) is 3.11. The highest BCUT2D eigenvalue weighted by Gasteiger charge is 2.10. The van der Waals surface area contributed by atoms with Crippen LogP contribution >= 0.6 is 0 Å². The minimum atomic E-state index is -0.171. The Balaban J connectivity index is 0.00000117. The van der Waals surface area contributed by atoms with E-state index in [-0.39, 0.29) is 23.9 Å². The first-order valence-electron chi connectivity index (χ1n) is 8.04. The molecule has 0 spiro atoms. The van der Waals surface area contributed by atoms with Gasteiger partial charge in [-0.05, 0) is 11.5 Å². The number of benzene rings is 1. The molecule has 0 atom stereocenters. The molecule has 7 nitrogen and oxygen atoms in total. The summed E-state index contributed by atoms with van der Waals surface area (Å²) in [5.41, 5.74) is 0.0215. The maximum absolute atomic E-state index is 9.11. The minimum Gasteiger partial charge on any atom is -0.509 e. The van der Waals surface area contributed by atoms with Crippen LogP contribution in [0.4, 0.5) is 11.6 Å². The van der Waals surface area contributed by atoms with Gasteiger partial charge in [0, 0.05) is 11.6 Å². The molecule has 2 N–H and O–H groups in total. The highest BCUT2D eigenvalue weighted by molar-refractivity contribution is 5.84. The van der Waals surface area contributed by atoms with Crippen LogP contribution in [-0.4, -0.2) is 26.7 Å². The number of hydrogen-bond acceptors (Lipinski definition) is 7. The normalized spacial score (nSPS) is 9.58. The fourth-order valence-electron chi connectivity index (χ4n) is 2.04. The number of hydrogen-bond donors (Lipinski definition) is 2. The maximum atomic E-state index is 9.11. The largest absolute Gasteiger partial charge is 0.509 e. The molecular formula is C19H19N5O2. The molecule has 0 saturated heterocycles. The molecular weight excluding hydrogens is 330 g/mol. The molecule has 0 fully saturated rings. The molecule has 7 heteroatoms. The van der Waals surface area contributed by atoms with Gasteiger partial charge in [-0.2, -0.15) is 10.2 Å². The van der Waals surface area contributed by atoms with Crippen LogP contribution in [0.2, 0.25) is 0 Å². The summed E-state index contributed by atoms with van der Waals surface area (Å²) in [4.78, 5) is 12.5. The molecule has 3 aromatic rings. The zero-order valence-electron chi connectivity index (χ0n) is 14.6.